The Hall–Kier alpha value is -1.17. The largest absolute Gasteiger partial charge is 0.353 e. The standard InChI is InChI=1S/C15H26N4OS/c1-10(2)12-17-14(21-18-12)19-8-6-11(7-9-19)16-13(20)15(3,4)5/h10-11H,6-9H2,1-5H3,(H,16,20). The summed E-state index contributed by atoms with van der Waals surface area (Å²) >= 11 is 1.48. The Kier molecular flexibility index (Phi) is 4.86. The van der Waals surface area contributed by atoms with Crippen molar-refractivity contribution in [2.75, 3.05) is 18.0 Å². The maximum Gasteiger partial charge on any atom is 0.225 e. The van der Waals surface area contributed by atoms with Crippen molar-refractivity contribution >= 4 is 22.6 Å². The Morgan fingerprint density at radius 3 is 2.43 bits per heavy atom. The molecule has 1 aromatic heterocycles. The first-order valence-corrected chi connectivity index (χ1v) is 8.44. The molecule has 0 unspecified atom stereocenters. The topological polar surface area (TPSA) is 58.1 Å². The van der Waals surface area contributed by atoms with Crippen molar-refractivity contribution in [3.05, 3.63) is 5.82 Å². The third-order valence-corrected chi connectivity index (χ3v) is 4.52. The van der Waals surface area contributed by atoms with Gasteiger partial charge in [-0.25, -0.2) is 4.98 Å². The van der Waals surface area contributed by atoms with Crippen molar-refractivity contribution in [1.82, 2.24) is 14.7 Å². The quantitative estimate of drug-likeness (QED) is 0.932. The zero-order valence-corrected chi connectivity index (χ0v) is 14.5. The molecule has 1 aliphatic heterocycles. The second kappa shape index (κ2) is 6.30. The highest BCUT2D eigenvalue weighted by Gasteiger charge is 2.27. The van der Waals surface area contributed by atoms with Gasteiger partial charge in [0.25, 0.3) is 0 Å². The van der Waals surface area contributed by atoms with Gasteiger partial charge in [-0.15, -0.1) is 0 Å². The zero-order chi connectivity index (χ0) is 15.6. The van der Waals surface area contributed by atoms with Gasteiger partial charge in [0.05, 0.1) is 0 Å². The molecule has 0 atom stereocenters. The van der Waals surface area contributed by atoms with Crippen LogP contribution in [0.3, 0.4) is 0 Å². The Balaban J connectivity index is 1.87. The van der Waals surface area contributed by atoms with Crippen LogP contribution in [0.2, 0.25) is 0 Å². The summed E-state index contributed by atoms with van der Waals surface area (Å²) in [5.41, 5.74) is -0.317. The first-order valence-electron chi connectivity index (χ1n) is 7.67. The van der Waals surface area contributed by atoms with Crippen LogP contribution in [0, 0.1) is 5.41 Å². The number of aromatic nitrogens is 2. The van der Waals surface area contributed by atoms with Crippen molar-refractivity contribution in [3.8, 4) is 0 Å². The minimum Gasteiger partial charge on any atom is -0.353 e. The molecule has 1 fully saturated rings. The van der Waals surface area contributed by atoms with Gasteiger partial charge in [-0.05, 0) is 12.8 Å². The maximum atomic E-state index is 12.0. The summed E-state index contributed by atoms with van der Waals surface area (Å²) in [6.45, 7) is 11.9. The number of hydrogen-bond acceptors (Lipinski definition) is 5. The monoisotopic (exact) mass is 310 g/mol. The number of rotatable bonds is 3. The lowest BCUT2D eigenvalue weighted by Crippen LogP contribution is -2.47. The van der Waals surface area contributed by atoms with Crippen molar-refractivity contribution in [1.29, 1.82) is 0 Å². The second-order valence-corrected chi connectivity index (χ2v) is 7.80. The van der Waals surface area contributed by atoms with Gasteiger partial charge in [0.15, 0.2) is 0 Å². The van der Waals surface area contributed by atoms with Crippen LogP contribution in [-0.4, -0.2) is 34.4 Å². The minimum absolute atomic E-state index is 0.138. The molecule has 0 spiro atoms. The fourth-order valence-electron chi connectivity index (χ4n) is 2.21. The molecule has 2 heterocycles. The summed E-state index contributed by atoms with van der Waals surface area (Å²) in [5, 5.41) is 4.17. The summed E-state index contributed by atoms with van der Waals surface area (Å²) in [5.74, 6) is 1.44. The van der Waals surface area contributed by atoms with Gasteiger partial charge in [-0.3, -0.25) is 4.79 Å². The molecule has 0 aromatic carbocycles. The number of carbonyl (C=O) groups excluding carboxylic acids is 1. The SMILES string of the molecule is CC(C)c1nsc(N2CCC(NC(=O)C(C)(C)C)CC2)n1. The van der Waals surface area contributed by atoms with Crippen LogP contribution in [0.4, 0.5) is 5.13 Å². The summed E-state index contributed by atoms with van der Waals surface area (Å²) in [7, 11) is 0. The first-order chi connectivity index (χ1) is 9.77. The molecule has 1 aromatic rings. The molecule has 0 radical (unpaired) electrons. The Bertz CT molecular complexity index is 484. The number of nitrogens with zero attached hydrogens (tertiary/aromatic N) is 3. The molecule has 0 saturated carbocycles. The summed E-state index contributed by atoms with van der Waals surface area (Å²) in [6, 6.07) is 0.283. The van der Waals surface area contributed by atoms with Crippen molar-refractivity contribution in [2.24, 2.45) is 5.41 Å². The van der Waals surface area contributed by atoms with Crippen molar-refractivity contribution < 1.29 is 4.79 Å². The van der Waals surface area contributed by atoms with Crippen LogP contribution in [0.1, 0.15) is 59.2 Å². The summed E-state index contributed by atoms with van der Waals surface area (Å²) < 4.78 is 4.41. The predicted octanol–water partition coefficient (Wildman–Crippen LogP) is 2.79. The van der Waals surface area contributed by atoms with E-state index < -0.39 is 0 Å². The van der Waals surface area contributed by atoms with Gasteiger partial charge in [0.2, 0.25) is 11.0 Å². The van der Waals surface area contributed by atoms with Gasteiger partial charge in [0, 0.05) is 42.0 Å². The summed E-state index contributed by atoms with van der Waals surface area (Å²) in [6.07, 6.45) is 1.94. The Morgan fingerprint density at radius 1 is 1.33 bits per heavy atom. The Morgan fingerprint density at radius 2 is 1.95 bits per heavy atom. The fourth-order valence-corrected chi connectivity index (χ4v) is 3.07. The van der Waals surface area contributed by atoms with Gasteiger partial charge in [0.1, 0.15) is 5.82 Å². The van der Waals surface area contributed by atoms with Gasteiger partial charge in [-0.1, -0.05) is 34.6 Å². The van der Waals surface area contributed by atoms with Gasteiger partial charge >= 0.3 is 0 Å². The van der Waals surface area contributed by atoms with E-state index in [0.29, 0.717) is 5.92 Å². The molecule has 21 heavy (non-hydrogen) atoms. The van der Waals surface area contributed by atoms with Crippen LogP contribution in [0.25, 0.3) is 0 Å². The molecule has 1 saturated heterocycles. The lowest BCUT2D eigenvalue weighted by molar-refractivity contribution is -0.129. The van der Waals surface area contributed by atoms with Gasteiger partial charge < -0.3 is 10.2 Å². The molecule has 2 rings (SSSR count). The number of anilines is 1. The molecule has 0 bridgehead atoms. The van der Waals surface area contributed by atoms with E-state index in [-0.39, 0.29) is 17.4 Å². The molecule has 6 heteroatoms. The number of hydrogen-bond donors (Lipinski definition) is 1. The number of carbonyl (C=O) groups is 1. The van der Waals surface area contributed by atoms with Crippen molar-refractivity contribution in [2.45, 2.75) is 59.4 Å². The maximum absolute atomic E-state index is 12.0. The lowest BCUT2D eigenvalue weighted by Gasteiger charge is -2.33. The zero-order valence-electron chi connectivity index (χ0n) is 13.6. The predicted molar refractivity (Wildman–Crippen MR) is 86.8 cm³/mol. The van der Waals surface area contributed by atoms with E-state index in [0.717, 1.165) is 36.9 Å². The highest BCUT2D eigenvalue weighted by atomic mass is 32.1. The van der Waals surface area contributed by atoms with Crippen LogP contribution < -0.4 is 10.2 Å². The molecular formula is C15H26N4OS. The van der Waals surface area contributed by atoms with E-state index in [2.05, 4.69) is 33.4 Å². The first kappa shape index (κ1) is 16.2. The molecule has 1 amide bonds. The number of amides is 1. The molecule has 0 aliphatic carbocycles. The van der Waals surface area contributed by atoms with E-state index in [9.17, 15) is 4.79 Å². The average Bonchev–Trinajstić information content (AvgIpc) is 2.88. The molecule has 1 N–H and O–H groups in total. The van der Waals surface area contributed by atoms with E-state index in [1.165, 1.54) is 11.5 Å². The van der Waals surface area contributed by atoms with Crippen LogP contribution >= 0.6 is 11.5 Å². The van der Waals surface area contributed by atoms with Crippen molar-refractivity contribution in [3.63, 3.8) is 0 Å². The lowest BCUT2D eigenvalue weighted by atomic mass is 9.94. The van der Waals surface area contributed by atoms with E-state index in [1.54, 1.807) is 0 Å². The Labute approximate surface area is 131 Å². The van der Waals surface area contributed by atoms with Crippen LogP contribution in [0.15, 0.2) is 0 Å². The fraction of sp³-hybridized carbons (Fsp3) is 0.800. The second-order valence-electron chi connectivity index (χ2n) is 7.07. The highest BCUT2D eigenvalue weighted by molar-refractivity contribution is 7.09. The number of piperidine rings is 1. The molecule has 1 aliphatic rings. The van der Waals surface area contributed by atoms with Gasteiger partial charge in [-0.2, -0.15) is 4.37 Å². The summed E-state index contributed by atoms with van der Waals surface area (Å²) in [4.78, 5) is 18.9. The average molecular weight is 310 g/mol. The highest BCUT2D eigenvalue weighted by Crippen LogP contribution is 2.25. The molecule has 118 valence electrons. The number of nitrogens with one attached hydrogen (secondary N) is 1. The third-order valence-electron chi connectivity index (χ3n) is 3.73. The molecular weight excluding hydrogens is 284 g/mol. The smallest absolute Gasteiger partial charge is 0.225 e. The van der Waals surface area contributed by atoms with Crippen LogP contribution in [0.5, 0.6) is 0 Å². The van der Waals surface area contributed by atoms with E-state index >= 15 is 0 Å². The van der Waals surface area contributed by atoms with Crippen LogP contribution in [-0.2, 0) is 4.79 Å². The normalized spacial score (nSPS) is 17.3. The van der Waals surface area contributed by atoms with E-state index in [1.807, 2.05) is 20.8 Å². The minimum atomic E-state index is -0.317. The van der Waals surface area contributed by atoms with E-state index in [4.69, 9.17) is 0 Å². The third kappa shape index (κ3) is 4.15. The molecule has 5 nitrogen and oxygen atoms in total.